The number of aromatic carboxylic acids is 1. The number of carbonyl (C=O) groups is 1. The molecule has 0 spiro atoms. The number of benzene rings is 1. The van der Waals surface area contributed by atoms with E-state index in [1.165, 1.54) is 24.5 Å². The zero-order valence-corrected chi connectivity index (χ0v) is 19.8. The normalized spacial score (nSPS) is 23.4. The van der Waals surface area contributed by atoms with Crippen molar-refractivity contribution < 1.29 is 32.3 Å². The molecule has 4 heterocycles. The maximum Gasteiger partial charge on any atom is 0.417 e. The van der Waals surface area contributed by atoms with Crippen molar-refractivity contribution in [2.45, 2.75) is 75.4 Å². The Labute approximate surface area is 210 Å². The molecule has 3 atom stereocenters. The first-order chi connectivity index (χ1) is 17.8. The van der Waals surface area contributed by atoms with Crippen LogP contribution < -0.4 is 4.90 Å². The van der Waals surface area contributed by atoms with Crippen molar-refractivity contribution in [2.24, 2.45) is 0 Å². The summed E-state index contributed by atoms with van der Waals surface area (Å²) in [4.78, 5) is 21.6. The van der Waals surface area contributed by atoms with E-state index in [4.69, 9.17) is 14.4 Å². The third-order valence-corrected chi connectivity index (χ3v) is 7.53. The highest BCUT2D eigenvalue weighted by Crippen LogP contribution is 2.46. The van der Waals surface area contributed by atoms with Crippen LogP contribution in [-0.4, -0.2) is 44.4 Å². The van der Waals surface area contributed by atoms with E-state index in [1.807, 2.05) is 0 Å². The fraction of sp³-hybridized carbons (Fsp3) is 0.462. The molecule has 1 unspecified atom stereocenters. The van der Waals surface area contributed by atoms with Gasteiger partial charge in [0.1, 0.15) is 17.3 Å². The predicted molar refractivity (Wildman–Crippen MR) is 125 cm³/mol. The molecule has 2 saturated heterocycles. The summed E-state index contributed by atoms with van der Waals surface area (Å²) >= 11 is 0. The van der Waals surface area contributed by atoms with Gasteiger partial charge in [0, 0.05) is 29.1 Å². The lowest BCUT2D eigenvalue weighted by Gasteiger charge is -2.39. The lowest BCUT2D eigenvalue weighted by Crippen LogP contribution is -2.46. The van der Waals surface area contributed by atoms with E-state index in [0.29, 0.717) is 17.1 Å². The van der Waals surface area contributed by atoms with Crippen molar-refractivity contribution in [1.82, 2.24) is 15.1 Å². The number of hydrogen-bond acceptors (Lipinski definition) is 7. The molecule has 3 aliphatic rings. The van der Waals surface area contributed by atoms with Crippen molar-refractivity contribution >= 4 is 11.8 Å². The minimum absolute atomic E-state index is 0.00233. The molecule has 3 aromatic rings. The fourth-order valence-corrected chi connectivity index (χ4v) is 5.68. The molecule has 2 aromatic heterocycles. The maximum absolute atomic E-state index is 13.7. The number of piperidine rings is 1. The van der Waals surface area contributed by atoms with Crippen molar-refractivity contribution in [1.29, 1.82) is 0 Å². The molecule has 8 nitrogen and oxygen atoms in total. The van der Waals surface area contributed by atoms with E-state index in [1.54, 1.807) is 6.07 Å². The van der Waals surface area contributed by atoms with Crippen LogP contribution in [-0.2, 0) is 17.5 Å². The first-order valence-corrected chi connectivity index (χ1v) is 12.4. The summed E-state index contributed by atoms with van der Waals surface area (Å²) in [5, 5.41) is 13.2. The first-order valence-electron chi connectivity index (χ1n) is 12.4. The number of rotatable bonds is 7. The smallest absolute Gasteiger partial charge is 0.417 e. The summed E-state index contributed by atoms with van der Waals surface area (Å²) < 4.78 is 53.1. The predicted octanol–water partition coefficient (Wildman–Crippen LogP) is 5.44. The van der Waals surface area contributed by atoms with Gasteiger partial charge in [0.05, 0.1) is 30.7 Å². The molecular formula is C26H25F3N4O4. The Morgan fingerprint density at radius 1 is 1.08 bits per heavy atom. The highest BCUT2D eigenvalue weighted by molar-refractivity contribution is 5.84. The molecule has 11 heteroatoms. The van der Waals surface area contributed by atoms with Crippen LogP contribution in [0.1, 0.15) is 71.8 Å². The third kappa shape index (κ3) is 4.56. The van der Waals surface area contributed by atoms with Crippen LogP contribution in [0.4, 0.5) is 19.0 Å². The molecule has 0 amide bonds. The molecule has 6 rings (SSSR count). The van der Waals surface area contributed by atoms with Crippen LogP contribution in [0, 0.1) is 0 Å². The number of halogens is 3. The number of carboxylic acid groups (broad SMARTS) is 1. The van der Waals surface area contributed by atoms with Gasteiger partial charge >= 0.3 is 12.1 Å². The number of hydrogen-bond donors (Lipinski definition) is 1. The van der Waals surface area contributed by atoms with E-state index in [-0.39, 0.29) is 47.7 Å². The average Bonchev–Trinajstić information content (AvgIpc) is 3.58. The van der Waals surface area contributed by atoms with Gasteiger partial charge in [0.25, 0.3) is 0 Å². The standard InChI is InChI=1S/C26H25F3N4O4/c27-26(28,29)20-4-2-1-3-18(20)23-19(24(37-32-23)14-5-6-14)13-36-17-9-15-7-8-16(10-17)33(15)22-12-30-21(11-31-22)25(34)35/h1-4,11-12,14-17H,5-10,13H2,(H,34,35)/t15-,16+,17?. The molecule has 2 aliphatic heterocycles. The number of carboxylic acids is 1. The third-order valence-electron chi connectivity index (χ3n) is 7.53. The molecule has 194 valence electrons. The molecule has 1 N–H and O–H groups in total. The van der Waals surface area contributed by atoms with Crippen LogP contribution in [0.25, 0.3) is 11.3 Å². The van der Waals surface area contributed by atoms with Crippen molar-refractivity contribution in [3.63, 3.8) is 0 Å². The zero-order valence-electron chi connectivity index (χ0n) is 19.8. The number of nitrogens with zero attached hydrogens (tertiary/aromatic N) is 4. The molecule has 1 saturated carbocycles. The van der Waals surface area contributed by atoms with Crippen LogP contribution in [0.15, 0.2) is 41.2 Å². The molecule has 2 bridgehead atoms. The van der Waals surface area contributed by atoms with Gasteiger partial charge < -0.3 is 19.3 Å². The Balaban J connectivity index is 1.20. The molecule has 37 heavy (non-hydrogen) atoms. The molecular weight excluding hydrogens is 489 g/mol. The highest BCUT2D eigenvalue weighted by Gasteiger charge is 2.43. The van der Waals surface area contributed by atoms with E-state index >= 15 is 0 Å². The van der Waals surface area contributed by atoms with Gasteiger partial charge in [-0.05, 0) is 44.6 Å². The Morgan fingerprint density at radius 3 is 2.43 bits per heavy atom. The van der Waals surface area contributed by atoms with E-state index in [9.17, 15) is 18.0 Å². The van der Waals surface area contributed by atoms with Gasteiger partial charge in [0.2, 0.25) is 0 Å². The van der Waals surface area contributed by atoms with Gasteiger partial charge in [-0.25, -0.2) is 14.8 Å². The summed E-state index contributed by atoms with van der Waals surface area (Å²) in [5.41, 5.74) is -0.0404. The van der Waals surface area contributed by atoms with Crippen molar-refractivity contribution in [3.05, 3.63) is 59.2 Å². The first kappa shape index (κ1) is 23.9. The van der Waals surface area contributed by atoms with Crippen molar-refractivity contribution in [2.75, 3.05) is 4.90 Å². The Hall–Kier alpha value is -3.47. The minimum Gasteiger partial charge on any atom is -0.476 e. The van der Waals surface area contributed by atoms with E-state index in [0.717, 1.165) is 44.6 Å². The summed E-state index contributed by atoms with van der Waals surface area (Å²) in [5.74, 6) is 0.326. The van der Waals surface area contributed by atoms with Gasteiger partial charge in [-0.15, -0.1) is 0 Å². The zero-order chi connectivity index (χ0) is 25.7. The number of ether oxygens (including phenoxy) is 1. The lowest BCUT2D eigenvalue weighted by atomic mass is 9.98. The molecule has 0 radical (unpaired) electrons. The number of fused-ring (bicyclic) bond motifs is 2. The van der Waals surface area contributed by atoms with Gasteiger partial charge in [-0.3, -0.25) is 0 Å². The Bertz CT molecular complexity index is 1290. The van der Waals surface area contributed by atoms with Crippen molar-refractivity contribution in [3.8, 4) is 11.3 Å². The number of aromatic nitrogens is 3. The highest BCUT2D eigenvalue weighted by atomic mass is 19.4. The molecule has 3 fully saturated rings. The van der Waals surface area contributed by atoms with Gasteiger partial charge in [0.15, 0.2) is 5.69 Å². The van der Waals surface area contributed by atoms with Gasteiger partial charge in [-0.2, -0.15) is 13.2 Å². The monoisotopic (exact) mass is 514 g/mol. The quantitative estimate of drug-likeness (QED) is 0.445. The lowest BCUT2D eigenvalue weighted by molar-refractivity contribution is -0.137. The summed E-state index contributed by atoms with van der Waals surface area (Å²) in [6.07, 6.45) is 3.41. The summed E-state index contributed by atoms with van der Waals surface area (Å²) in [6.45, 7) is 0.133. The Morgan fingerprint density at radius 2 is 1.81 bits per heavy atom. The largest absolute Gasteiger partial charge is 0.476 e. The topological polar surface area (TPSA) is 102 Å². The number of alkyl halides is 3. The second kappa shape index (κ2) is 9.13. The second-order valence-corrected chi connectivity index (χ2v) is 9.95. The van der Waals surface area contributed by atoms with E-state index in [2.05, 4.69) is 20.0 Å². The van der Waals surface area contributed by atoms with Crippen LogP contribution in [0.3, 0.4) is 0 Å². The number of anilines is 1. The second-order valence-electron chi connectivity index (χ2n) is 9.95. The summed E-state index contributed by atoms with van der Waals surface area (Å²) in [6, 6.07) is 5.77. The average molecular weight is 515 g/mol. The van der Waals surface area contributed by atoms with Crippen LogP contribution in [0.5, 0.6) is 0 Å². The maximum atomic E-state index is 13.7. The summed E-state index contributed by atoms with van der Waals surface area (Å²) in [7, 11) is 0. The Kier molecular flexibility index (Phi) is 5.89. The van der Waals surface area contributed by atoms with E-state index < -0.39 is 17.7 Å². The SMILES string of the molecule is O=C(O)c1cnc(N2[C@@H]3CC[C@H]2CC(OCc2c(-c4ccccc4C(F)(F)F)noc2C2CC2)C3)cn1. The van der Waals surface area contributed by atoms with Gasteiger partial charge in [-0.1, -0.05) is 23.4 Å². The van der Waals surface area contributed by atoms with Crippen LogP contribution >= 0.6 is 0 Å². The molecule has 1 aliphatic carbocycles. The molecule has 1 aromatic carbocycles. The minimum atomic E-state index is -4.51. The van der Waals surface area contributed by atoms with Crippen LogP contribution in [0.2, 0.25) is 0 Å². The fourth-order valence-electron chi connectivity index (χ4n) is 5.68.